The average molecular weight is 435 g/mol. The summed E-state index contributed by atoms with van der Waals surface area (Å²) in [5, 5.41) is 24.9. The second-order valence-electron chi connectivity index (χ2n) is 7.72. The zero-order valence-electron chi connectivity index (χ0n) is 18.3. The van der Waals surface area contributed by atoms with Crippen LogP contribution in [0, 0.1) is 25.2 Å². The number of carbonyl (C=O) groups excluding carboxylic acids is 1. The molecule has 1 aliphatic heterocycles. The van der Waals surface area contributed by atoms with Crippen LogP contribution in [0.25, 0.3) is 11.4 Å². The van der Waals surface area contributed by atoms with Crippen molar-refractivity contribution in [3.8, 4) is 23.2 Å². The summed E-state index contributed by atoms with van der Waals surface area (Å²) in [7, 11) is 1.58. The van der Waals surface area contributed by atoms with E-state index in [4.69, 9.17) is 9.47 Å². The highest BCUT2D eigenvalue weighted by atomic mass is 16.5. The number of benzene rings is 1. The molecular weight excluding hydrogens is 410 g/mol. The fourth-order valence-electron chi connectivity index (χ4n) is 3.84. The molecule has 32 heavy (non-hydrogen) atoms. The van der Waals surface area contributed by atoms with E-state index < -0.39 is 0 Å². The van der Waals surface area contributed by atoms with Crippen LogP contribution in [0.3, 0.4) is 0 Å². The summed E-state index contributed by atoms with van der Waals surface area (Å²) in [5.74, 6) is 1.21. The van der Waals surface area contributed by atoms with Gasteiger partial charge in [0.25, 0.3) is 0 Å². The Labute approximate surface area is 185 Å². The lowest BCUT2D eigenvalue weighted by atomic mass is 10.2. The molecule has 0 unspecified atom stereocenters. The van der Waals surface area contributed by atoms with E-state index in [1.807, 2.05) is 36.6 Å². The van der Waals surface area contributed by atoms with E-state index in [-0.39, 0.29) is 18.6 Å². The first-order valence-electron chi connectivity index (χ1n) is 10.4. The molecule has 3 aromatic rings. The number of hydrogen-bond acceptors (Lipinski definition) is 7. The van der Waals surface area contributed by atoms with E-state index in [0.717, 1.165) is 36.3 Å². The molecular formula is C22H25N7O3. The summed E-state index contributed by atoms with van der Waals surface area (Å²) in [6.45, 7) is 5.02. The van der Waals surface area contributed by atoms with Gasteiger partial charge in [-0.05, 0) is 49.6 Å². The lowest BCUT2D eigenvalue weighted by Gasteiger charge is -2.16. The predicted octanol–water partition coefficient (Wildman–Crippen LogP) is 2.46. The van der Waals surface area contributed by atoms with Crippen LogP contribution in [0.5, 0.6) is 5.75 Å². The Morgan fingerprint density at radius 1 is 1.41 bits per heavy atom. The first-order valence-corrected chi connectivity index (χ1v) is 10.4. The number of anilines is 1. The molecule has 1 aliphatic rings. The van der Waals surface area contributed by atoms with Gasteiger partial charge in [0.05, 0.1) is 25.3 Å². The van der Waals surface area contributed by atoms with E-state index in [0.29, 0.717) is 29.5 Å². The number of tetrazole rings is 1. The van der Waals surface area contributed by atoms with E-state index >= 15 is 0 Å². The number of rotatable bonds is 7. The average Bonchev–Trinajstić information content (AvgIpc) is 3.52. The van der Waals surface area contributed by atoms with Gasteiger partial charge in [-0.15, -0.1) is 10.2 Å². The van der Waals surface area contributed by atoms with Crippen molar-refractivity contribution in [3.05, 3.63) is 41.1 Å². The van der Waals surface area contributed by atoms with E-state index in [1.165, 1.54) is 4.80 Å². The van der Waals surface area contributed by atoms with Crippen LogP contribution in [0.15, 0.2) is 24.3 Å². The highest BCUT2D eigenvalue weighted by Crippen LogP contribution is 2.28. The van der Waals surface area contributed by atoms with Gasteiger partial charge in [-0.25, -0.2) is 0 Å². The Bertz CT molecular complexity index is 1170. The number of hydrogen-bond donors (Lipinski definition) is 1. The van der Waals surface area contributed by atoms with E-state index in [1.54, 1.807) is 13.2 Å². The van der Waals surface area contributed by atoms with Crippen LogP contribution in [0.1, 0.15) is 29.7 Å². The molecule has 0 bridgehead atoms. The van der Waals surface area contributed by atoms with Crippen molar-refractivity contribution in [1.82, 2.24) is 24.8 Å². The smallest absolute Gasteiger partial charge is 0.249 e. The molecule has 1 aromatic carbocycles. The third kappa shape index (κ3) is 4.33. The van der Waals surface area contributed by atoms with Gasteiger partial charge in [-0.3, -0.25) is 4.79 Å². The fourth-order valence-corrected chi connectivity index (χ4v) is 3.84. The van der Waals surface area contributed by atoms with Gasteiger partial charge in [-0.1, -0.05) is 12.1 Å². The van der Waals surface area contributed by atoms with Crippen molar-refractivity contribution in [1.29, 1.82) is 5.26 Å². The summed E-state index contributed by atoms with van der Waals surface area (Å²) >= 11 is 0. The summed E-state index contributed by atoms with van der Waals surface area (Å²) < 4.78 is 12.9. The lowest BCUT2D eigenvalue weighted by Crippen LogP contribution is -2.24. The minimum atomic E-state index is -0.345. The van der Waals surface area contributed by atoms with Gasteiger partial charge < -0.3 is 19.4 Å². The zero-order chi connectivity index (χ0) is 22.7. The second-order valence-corrected chi connectivity index (χ2v) is 7.72. The standard InChI is InChI=1S/C22H25N7O3/c1-14-15(2)28(12-18-8-5-9-32-18)22(19(14)11-23)24-20(30)13-29-26-21(25-27-29)16-6-4-7-17(10-16)31-3/h4,6-7,10,18H,5,8-9,12-13H2,1-3H3,(H,24,30)/t18-/m0/s1. The van der Waals surface area contributed by atoms with Gasteiger partial charge >= 0.3 is 0 Å². The third-order valence-electron chi connectivity index (χ3n) is 5.67. The molecule has 10 nitrogen and oxygen atoms in total. The molecule has 1 N–H and O–H groups in total. The zero-order valence-corrected chi connectivity index (χ0v) is 18.3. The summed E-state index contributed by atoms with van der Waals surface area (Å²) in [5.41, 5.74) is 2.98. The molecule has 2 aromatic heterocycles. The lowest BCUT2D eigenvalue weighted by molar-refractivity contribution is -0.117. The maximum atomic E-state index is 12.8. The van der Waals surface area contributed by atoms with Crippen LogP contribution >= 0.6 is 0 Å². The van der Waals surface area contributed by atoms with E-state index in [2.05, 4.69) is 26.8 Å². The molecule has 0 aliphatic carbocycles. The van der Waals surface area contributed by atoms with Crippen LogP contribution in [-0.4, -0.2) is 50.5 Å². The van der Waals surface area contributed by atoms with Crippen molar-refractivity contribution in [2.75, 3.05) is 19.0 Å². The summed E-state index contributed by atoms with van der Waals surface area (Å²) in [6, 6.07) is 9.51. The molecule has 0 saturated carbocycles. The van der Waals surface area contributed by atoms with Crippen LogP contribution < -0.4 is 10.1 Å². The summed E-state index contributed by atoms with van der Waals surface area (Å²) in [4.78, 5) is 14.0. The van der Waals surface area contributed by atoms with Crippen LogP contribution in [0.4, 0.5) is 5.82 Å². The van der Waals surface area contributed by atoms with Crippen molar-refractivity contribution < 1.29 is 14.3 Å². The van der Waals surface area contributed by atoms with Gasteiger partial charge in [0, 0.05) is 17.9 Å². The van der Waals surface area contributed by atoms with Crippen molar-refractivity contribution >= 4 is 11.7 Å². The van der Waals surface area contributed by atoms with Crippen molar-refractivity contribution in [2.24, 2.45) is 0 Å². The number of nitrogens with zero attached hydrogens (tertiary/aromatic N) is 6. The quantitative estimate of drug-likeness (QED) is 0.605. The van der Waals surface area contributed by atoms with Gasteiger partial charge in [0.1, 0.15) is 24.2 Å². The van der Waals surface area contributed by atoms with Gasteiger partial charge in [-0.2, -0.15) is 10.1 Å². The largest absolute Gasteiger partial charge is 0.497 e. The highest BCUT2D eigenvalue weighted by Gasteiger charge is 2.24. The number of ether oxygens (including phenoxy) is 2. The Hall–Kier alpha value is -3.71. The maximum Gasteiger partial charge on any atom is 0.249 e. The molecule has 1 fully saturated rings. The van der Waals surface area contributed by atoms with Crippen LogP contribution in [0.2, 0.25) is 0 Å². The molecule has 166 valence electrons. The Kier molecular flexibility index (Phi) is 6.18. The topological polar surface area (TPSA) is 120 Å². The monoisotopic (exact) mass is 435 g/mol. The van der Waals surface area contributed by atoms with Crippen molar-refractivity contribution in [3.63, 3.8) is 0 Å². The Balaban J connectivity index is 1.51. The number of aromatic nitrogens is 5. The minimum Gasteiger partial charge on any atom is -0.497 e. The minimum absolute atomic E-state index is 0.0742. The highest BCUT2D eigenvalue weighted by molar-refractivity contribution is 5.91. The SMILES string of the molecule is COc1cccc(-c2nnn(CC(=O)Nc3c(C#N)c(C)c(C)n3C[C@@H]3CCCO3)n2)c1. The van der Waals surface area contributed by atoms with Gasteiger partial charge in [0.15, 0.2) is 0 Å². The maximum absolute atomic E-state index is 12.8. The third-order valence-corrected chi connectivity index (χ3v) is 5.67. The normalized spacial score (nSPS) is 15.5. The first-order chi connectivity index (χ1) is 15.5. The number of carbonyl (C=O) groups is 1. The number of amides is 1. The first kappa shape index (κ1) is 21.5. The second kappa shape index (κ2) is 9.20. The van der Waals surface area contributed by atoms with Crippen molar-refractivity contribution in [2.45, 2.75) is 45.9 Å². The summed E-state index contributed by atoms with van der Waals surface area (Å²) in [6.07, 6.45) is 2.05. The predicted molar refractivity (Wildman–Crippen MR) is 116 cm³/mol. The molecule has 4 rings (SSSR count). The molecule has 3 heterocycles. The molecule has 0 spiro atoms. The fraction of sp³-hybridized carbons (Fsp3) is 0.409. The molecule has 1 saturated heterocycles. The molecule has 1 atom stereocenters. The Morgan fingerprint density at radius 2 is 2.25 bits per heavy atom. The number of methoxy groups -OCH3 is 1. The Morgan fingerprint density at radius 3 is 2.97 bits per heavy atom. The molecule has 1 amide bonds. The number of nitriles is 1. The molecule has 10 heteroatoms. The van der Waals surface area contributed by atoms with Crippen LogP contribution in [-0.2, 0) is 22.6 Å². The number of nitrogens with one attached hydrogen (secondary N) is 1. The van der Waals surface area contributed by atoms with E-state index in [9.17, 15) is 10.1 Å². The molecule has 0 radical (unpaired) electrons. The van der Waals surface area contributed by atoms with Gasteiger partial charge in [0.2, 0.25) is 11.7 Å².